The molecule has 0 spiro atoms. The Bertz CT molecular complexity index is 525. The third-order valence-corrected chi connectivity index (χ3v) is 1.96. The van der Waals surface area contributed by atoms with Crippen molar-refractivity contribution in [1.29, 1.82) is 0 Å². The number of nitro groups is 1. The second kappa shape index (κ2) is 2.91. The SMILES string of the molecule is O=[N+]([O-])c1cc2c(Cl)noc2cc1F. The summed E-state index contributed by atoms with van der Waals surface area (Å²) in [6.07, 6.45) is 0. The Hall–Kier alpha value is -1.69. The van der Waals surface area contributed by atoms with E-state index in [1.165, 1.54) is 0 Å². The van der Waals surface area contributed by atoms with Gasteiger partial charge in [-0.25, -0.2) is 0 Å². The van der Waals surface area contributed by atoms with Crippen molar-refractivity contribution in [2.24, 2.45) is 0 Å². The number of aromatic nitrogens is 1. The van der Waals surface area contributed by atoms with Gasteiger partial charge in [-0.3, -0.25) is 10.1 Å². The van der Waals surface area contributed by atoms with Crippen molar-refractivity contribution < 1.29 is 13.8 Å². The Morgan fingerprint density at radius 2 is 2.29 bits per heavy atom. The molecule has 2 rings (SSSR count). The van der Waals surface area contributed by atoms with Gasteiger partial charge in [-0.1, -0.05) is 16.8 Å². The molecule has 0 saturated heterocycles. The van der Waals surface area contributed by atoms with Crippen LogP contribution in [0.4, 0.5) is 10.1 Å². The van der Waals surface area contributed by atoms with E-state index in [1.807, 2.05) is 0 Å². The fourth-order valence-electron chi connectivity index (χ4n) is 1.06. The zero-order chi connectivity index (χ0) is 10.3. The van der Waals surface area contributed by atoms with Gasteiger partial charge in [0.2, 0.25) is 5.82 Å². The first kappa shape index (κ1) is 8.89. The zero-order valence-corrected chi connectivity index (χ0v) is 7.29. The maximum atomic E-state index is 13.0. The number of rotatable bonds is 1. The van der Waals surface area contributed by atoms with Gasteiger partial charge in [0.1, 0.15) is 0 Å². The normalized spacial score (nSPS) is 10.7. The topological polar surface area (TPSA) is 69.2 Å². The molecular weight excluding hydrogens is 215 g/mol. The lowest BCUT2D eigenvalue weighted by Crippen LogP contribution is -1.91. The van der Waals surface area contributed by atoms with Gasteiger partial charge in [-0.05, 0) is 0 Å². The molecule has 0 fully saturated rings. The molecule has 72 valence electrons. The molecule has 0 bridgehead atoms. The number of benzene rings is 1. The van der Waals surface area contributed by atoms with Crippen molar-refractivity contribution in [3.8, 4) is 0 Å². The summed E-state index contributed by atoms with van der Waals surface area (Å²) in [5.74, 6) is -0.977. The largest absolute Gasteiger partial charge is 0.355 e. The first-order valence-electron chi connectivity index (χ1n) is 3.48. The van der Waals surface area contributed by atoms with Gasteiger partial charge in [-0.2, -0.15) is 4.39 Å². The molecule has 0 aliphatic rings. The summed E-state index contributed by atoms with van der Waals surface area (Å²) < 4.78 is 17.6. The number of fused-ring (bicyclic) bond motifs is 1. The Morgan fingerprint density at radius 1 is 1.57 bits per heavy atom. The zero-order valence-electron chi connectivity index (χ0n) is 6.53. The molecule has 0 unspecified atom stereocenters. The summed E-state index contributed by atoms with van der Waals surface area (Å²) >= 11 is 5.55. The minimum absolute atomic E-state index is 0.0249. The molecule has 0 radical (unpaired) electrons. The first-order chi connectivity index (χ1) is 6.59. The van der Waals surface area contributed by atoms with Gasteiger partial charge in [0.15, 0.2) is 10.7 Å². The highest BCUT2D eigenvalue weighted by Gasteiger charge is 2.18. The fraction of sp³-hybridized carbons (Fsp3) is 0. The van der Waals surface area contributed by atoms with Crippen LogP contribution in [0.1, 0.15) is 0 Å². The van der Waals surface area contributed by atoms with Crippen LogP contribution < -0.4 is 0 Å². The van der Waals surface area contributed by atoms with E-state index in [-0.39, 0.29) is 16.1 Å². The van der Waals surface area contributed by atoms with Crippen molar-refractivity contribution in [2.75, 3.05) is 0 Å². The number of nitro benzene ring substituents is 1. The highest BCUT2D eigenvalue weighted by molar-refractivity contribution is 6.34. The number of nitrogens with zero attached hydrogens (tertiary/aromatic N) is 2. The molecule has 7 heteroatoms. The molecule has 0 N–H and O–H groups in total. The maximum Gasteiger partial charge on any atom is 0.305 e. The van der Waals surface area contributed by atoms with Crippen molar-refractivity contribution in [2.45, 2.75) is 0 Å². The van der Waals surface area contributed by atoms with Gasteiger partial charge in [-0.15, -0.1) is 0 Å². The summed E-state index contributed by atoms with van der Waals surface area (Å²) in [5.41, 5.74) is -0.569. The second-order valence-corrected chi connectivity index (χ2v) is 2.89. The number of hydrogen-bond acceptors (Lipinski definition) is 4. The molecule has 0 atom stereocenters. The van der Waals surface area contributed by atoms with Crippen LogP contribution >= 0.6 is 11.6 Å². The van der Waals surface area contributed by atoms with Crippen LogP contribution in [0, 0.1) is 15.9 Å². The van der Waals surface area contributed by atoms with Crippen molar-refractivity contribution in [1.82, 2.24) is 5.16 Å². The molecule has 0 amide bonds. The van der Waals surface area contributed by atoms with Crippen molar-refractivity contribution in [3.63, 3.8) is 0 Å². The van der Waals surface area contributed by atoms with Crippen LogP contribution in [0.25, 0.3) is 11.0 Å². The lowest BCUT2D eigenvalue weighted by Gasteiger charge is -1.92. The summed E-state index contributed by atoms with van der Waals surface area (Å²) in [5, 5.41) is 13.9. The molecule has 0 aliphatic carbocycles. The minimum atomic E-state index is -0.977. The van der Waals surface area contributed by atoms with Crippen LogP contribution in [0.15, 0.2) is 16.7 Å². The third-order valence-electron chi connectivity index (χ3n) is 1.69. The number of hydrogen-bond donors (Lipinski definition) is 0. The first-order valence-corrected chi connectivity index (χ1v) is 3.86. The van der Waals surface area contributed by atoms with E-state index < -0.39 is 16.4 Å². The van der Waals surface area contributed by atoms with E-state index in [0.717, 1.165) is 12.1 Å². The average Bonchev–Trinajstić information content (AvgIpc) is 2.46. The summed E-state index contributed by atoms with van der Waals surface area (Å²) in [6, 6.07) is 1.87. The molecular formula is C7H2ClFN2O3. The molecule has 2 aromatic rings. The monoisotopic (exact) mass is 216 g/mol. The third kappa shape index (κ3) is 1.20. The van der Waals surface area contributed by atoms with Crippen molar-refractivity contribution >= 4 is 28.3 Å². The van der Waals surface area contributed by atoms with Crippen LogP contribution in [-0.4, -0.2) is 10.1 Å². The maximum absolute atomic E-state index is 13.0. The van der Waals surface area contributed by atoms with E-state index in [2.05, 4.69) is 9.68 Å². The molecule has 0 aliphatic heterocycles. The average molecular weight is 217 g/mol. The lowest BCUT2D eigenvalue weighted by atomic mass is 10.2. The summed E-state index contributed by atoms with van der Waals surface area (Å²) in [4.78, 5) is 9.53. The van der Waals surface area contributed by atoms with Crippen LogP contribution in [-0.2, 0) is 0 Å². The Balaban J connectivity index is 2.80. The highest BCUT2D eigenvalue weighted by Crippen LogP contribution is 2.28. The van der Waals surface area contributed by atoms with Crippen molar-refractivity contribution in [3.05, 3.63) is 33.2 Å². The van der Waals surface area contributed by atoms with Crippen LogP contribution in [0.2, 0.25) is 5.15 Å². The highest BCUT2D eigenvalue weighted by atomic mass is 35.5. The predicted octanol–water partition coefficient (Wildman–Crippen LogP) is 2.53. The molecule has 1 heterocycles. The molecule has 14 heavy (non-hydrogen) atoms. The molecule has 1 aromatic heterocycles. The molecule has 5 nitrogen and oxygen atoms in total. The fourth-order valence-corrected chi connectivity index (χ4v) is 1.24. The lowest BCUT2D eigenvalue weighted by molar-refractivity contribution is -0.387. The van der Waals surface area contributed by atoms with E-state index in [4.69, 9.17) is 11.6 Å². The van der Waals surface area contributed by atoms with Gasteiger partial charge in [0.25, 0.3) is 0 Å². The van der Waals surface area contributed by atoms with E-state index in [0.29, 0.717) is 0 Å². The standard InChI is InChI=1S/C7H2ClFN2O3/c8-7-3-1-5(11(12)13)4(9)2-6(3)14-10-7/h1-2H. The van der Waals surface area contributed by atoms with Gasteiger partial charge in [0, 0.05) is 12.1 Å². The molecule has 1 aromatic carbocycles. The Kier molecular flexibility index (Phi) is 1.85. The van der Waals surface area contributed by atoms with Crippen LogP contribution in [0.3, 0.4) is 0 Å². The van der Waals surface area contributed by atoms with E-state index in [9.17, 15) is 14.5 Å². The number of halogens is 2. The Labute approximate surface area is 81.2 Å². The summed E-state index contributed by atoms with van der Waals surface area (Å²) in [6.45, 7) is 0. The molecule has 0 saturated carbocycles. The second-order valence-electron chi connectivity index (χ2n) is 2.53. The van der Waals surface area contributed by atoms with E-state index in [1.54, 1.807) is 0 Å². The van der Waals surface area contributed by atoms with Gasteiger partial charge >= 0.3 is 5.69 Å². The van der Waals surface area contributed by atoms with Gasteiger partial charge in [0.05, 0.1) is 10.3 Å². The van der Waals surface area contributed by atoms with Crippen LogP contribution in [0.5, 0.6) is 0 Å². The smallest absolute Gasteiger partial charge is 0.305 e. The minimum Gasteiger partial charge on any atom is -0.355 e. The summed E-state index contributed by atoms with van der Waals surface area (Å²) in [7, 11) is 0. The predicted molar refractivity (Wildman–Crippen MR) is 45.6 cm³/mol. The quantitative estimate of drug-likeness (QED) is 0.543. The Morgan fingerprint density at radius 3 is 2.93 bits per heavy atom. The van der Waals surface area contributed by atoms with E-state index >= 15 is 0 Å². The van der Waals surface area contributed by atoms with Gasteiger partial charge < -0.3 is 4.52 Å².